The normalized spacial score (nSPS) is 11.7. The van der Waals surface area contributed by atoms with Gasteiger partial charge in [-0.15, -0.1) is 11.3 Å². The van der Waals surface area contributed by atoms with Gasteiger partial charge in [0, 0.05) is 0 Å². The van der Waals surface area contributed by atoms with E-state index in [-0.39, 0.29) is 5.78 Å². The summed E-state index contributed by atoms with van der Waals surface area (Å²) in [6, 6.07) is 12.3. The molecule has 4 rings (SSSR count). The molecule has 1 N–H and O–H groups in total. The zero-order chi connectivity index (χ0) is 25.2. The van der Waals surface area contributed by atoms with Crippen LogP contribution in [0.1, 0.15) is 118 Å². The number of nitrogens with one attached hydrogen (secondary N) is 1. The van der Waals surface area contributed by atoms with E-state index in [9.17, 15) is 4.79 Å². The molecule has 0 bridgehead atoms. The Bertz CT molecular complexity index is 1220. The van der Waals surface area contributed by atoms with Gasteiger partial charge >= 0.3 is 5.78 Å². The van der Waals surface area contributed by atoms with E-state index in [1.54, 1.807) is 0 Å². The number of hydrogen-bond donors (Lipinski definition) is 1. The van der Waals surface area contributed by atoms with Crippen LogP contribution in [-0.4, -0.2) is 15.2 Å². The largest absolute Gasteiger partial charge is 0.368 e. The Labute approximate surface area is 220 Å². The first-order valence-corrected chi connectivity index (χ1v) is 15.2. The van der Waals surface area contributed by atoms with Crippen molar-refractivity contribution in [2.75, 3.05) is 0 Å². The van der Waals surface area contributed by atoms with Crippen molar-refractivity contribution in [3.05, 3.63) is 58.0 Å². The van der Waals surface area contributed by atoms with Gasteiger partial charge in [-0.25, -0.2) is 9.55 Å². The highest BCUT2D eigenvalue weighted by Crippen LogP contribution is 2.24. The Kier molecular flexibility index (Phi) is 10.2. The number of thiophene rings is 1. The summed E-state index contributed by atoms with van der Waals surface area (Å²) in [5, 5.41) is 1.97. The van der Waals surface area contributed by atoms with Gasteiger partial charge in [-0.1, -0.05) is 109 Å². The lowest BCUT2D eigenvalue weighted by Crippen LogP contribution is -2.33. The summed E-state index contributed by atoms with van der Waals surface area (Å²) in [5.41, 5.74) is 3.98. The third-order valence-electron chi connectivity index (χ3n) is 7.45. The molecule has 0 aliphatic carbocycles. The Morgan fingerprint density at radius 2 is 1.44 bits per heavy atom. The summed E-state index contributed by atoms with van der Waals surface area (Å²) in [5.74, 6) is 1.11. The first-order valence-electron chi connectivity index (χ1n) is 14.3. The standard InChI is InChI=1S/C31H43N3OS/c1-3-4-5-6-7-8-9-10-11-12-13-14-15-18-23-33-26-20-16-17-21-27(26)34-29(25(2)32-31(33)34)30(35)28-22-19-24-36-28/h16-17,19-22,24H,3-15,18,23H2,1-2H3/p+1. The maximum atomic E-state index is 13.3. The molecule has 1 aromatic carbocycles. The van der Waals surface area contributed by atoms with Gasteiger partial charge in [-0.3, -0.25) is 4.79 Å². The molecule has 0 spiro atoms. The second-order valence-electron chi connectivity index (χ2n) is 10.3. The number of carbonyl (C=O) groups excluding carboxylic acids is 1. The minimum Gasteiger partial charge on any atom is -0.284 e. The highest BCUT2D eigenvalue weighted by atomic mass is 32.1. The minimum absolute atomic E-state index is 0.0955. The molecule has 0 amide bonds. The highest BCUT2D eigenvalue weighted by Gasteiger charge is 2.29. The summed E-state index contributed by atoms with van der Waals surface area (Å²) < 4.78 is 4.50. The fourth-order valence-electron chi connectivity index (χ4n) is 5.46. The Balaban J connectivity index is 1.26. The molecule has 0 fully saturated rings. The summed E-state index contributed by atoms with van der Waals surface area (Å²) in [4.78, 5) is 17.6. The van der Waals surface area contributed by atoms with Crippen LogP contribution < -0.4 is 4.57 Å². The maximum absolute atomic E-state index is 13.3. The van der Waals surface area contributed by atoms with Crippen LogP contribution in [-0.2, 0) is 6.54 Å². The number of imidazole rings is 2. The SMILES string of the molecule is CCCCCCCCCCCCCCCC[n+]1c2ccccc2n2c(C(=O)c3cccs3)c(C)[nH]c21. The lowest BCUT2D eigenvalue weighted by atomic mass is 10.0. The number of H-pyrrole nitrogens is 1. The Morgan fingerprint density at radius 3 is 2.06 bits per heavy atom. The van der Waals surface area contributed by atoms with Gasteiger partial charge in [0.1, 0.15) is 16.7 Å². The fourth-order valence-corrected chi connectivity index (χ4v) is 6.13. The molecule has 0 radical (unpaired) electrons. The molecule has 3 aromatic heterocycles. The van der Waals surface area contributed by atoms with E-state index in [0.29, 0.717) is 0 Å². The van der Waals surface area contributed by atoms with E-state index >= 15 is 0 Å². The predicted molar refractivity (Wildman–Crippen MR) is 152 cm³/mol. The van der Waals surface area contributed by atoms with Crippen LogP contribution in [0.15, 0.2) is 41.8 Å². The predicted octanol–water partition coefficient (Wildman–Crippen LogP) is 8.79. The Morgan fingerprint density at radius 1 is 0.833 bits per heavy atom. The maximum Gasteiger partial charge on any atom is 0.368 e. The molecule has 194 valence electrons. The quantitative estimate of drug-likeness (QED) is 0.0867. The van der Waals surface area contributed by atoms with Gasteiger partial charge in [0.15, 0.2) is 5.69 Å². The van der Waals surface area contributed by atoms with E-state index in [1.807, 2.05) is 24.4 Å². The van der Waals surface area contributed by atoms with Gasteiger partial charge in [0.25, 0.3) is 0 Å². The lowest BCUT2D eigenvalue weighted by Gasteiger charge is -2.03. The van der Waals surface area contributed by atoms with Crippen molar-refractivity contribution in [3.63, 3.8) is 0 Å². The van der Waals surface area contributed by atoms with Crippen molar-refractivity contribution in [1.82, 2.24) is 9.38 Å². The number of aromatic nitrogens is 3. The van der Waals surface area contributed by atoms with Crippen molar-refractivity contribution in [2.45, 2.75) is 110 Å². The van der Waals surface area contributed by atoms with E-state index in [1.165, 1.54) is 107 Å². The van der Waals surface area contributed by atoms with Gasteiger partial charge in [0.05, 0.1) is 11.4 Å². The molecule has 0 saturated carbocycles. The van der Waals surface area contributed by atoms with Crippen molar-refractivity contribution < 1.29 is 9.36 Å². The van der Waals surface area contributed by atoms with Crippen molar-refractivity contribution in [2.24, 2.45) is 0 Å². The summed E-state index contributed by atoms with van der Waals surface area (Å²) in [7, 11) is 0. The number of aryl methyl sites for hydroxylation is 2. The molecular formula is C31H44N3OS+. The van der Waals surface area contributed by atoms with E-state index < -0.39 is 0 Å². The zero-order valence-corrected chi connectivity index (χ0v) is 23.2. The third kappa shape index (κ3) is 6.47. The lowest BCUT2D eigenvalue weighted by molar-refractivity contribution is -0.648. The number of nitrogens with zero attached hydrogens (tertiary/aromatic N) is 2. The highest BCUT2D eigenvalue weighted by molar-refractivity contribution is 7.12. The molecule has 0 aliphatic rings. The van der Waals surface area contributed by atoms with E-state index in [0.717, 1.165) is 34.1 Å². The van der Waals surface area contributed by atoms with Crippen LogP contribution in [0, 0.1) is 6.92 Å². The molecular weight excluding hydrogens is 462 g/mol. The number of rotatable bonds is 17. The number of benzene rings is 1. The summed E-state index contributed by atoms with van der Waals surface area (Å²) in [6.07, 6.45) is 19.2. The number of unbranched alkanes of at least 4 members (excludes halogenated alkanes) is 13. The first-order chi connectivity index (χ1) is 17.7. The smallest absolute Gasteiger partial charge is 0.284 e. The number of para-hydroxylation sites is 2. The number of ketones is 1. The van der Waals surface area contributed by atoms with Crippen molar-refractivity contribution in [3.8, 4) is 0 Å². The average molecular weight is 507 g/mol. The fraction of sp³-hybridized carbons (Fsp3) is 0.548. The summed E-state index contributed by atoms with van der Waals surface area (Å²) >= 11 is 1.51. The average Bonchev–Trinajstić information content (AvgIpc) is 3.60. The van der Waals surface area contributed by atoms with E-state index in [2.05, 4.69) is 45.1 Å². The molecule has 36 heavy (non-hydrogen) atoms. The topological polar surface area (TPSA) is 41.1 Å². The van der Waals surface area contributed by atoms with Crippen LogP contribution >= 0.6 is 11.3 Å². The van der Waals surface area contributed by atoms with Crippen LogP contribution in [0.4, 0.5) is 0 Å². The van der Waals surface area contributed by atoms with E-state index in [4.69, 9.17) is 0 Å². The molecule has 0 aliphatic heterocycles. The monoisotopic (exact) mass is 506 g/mol. The second kappa shape index (κ2) is 13.8. The molecule has 0 saturated heterocycles. The van der Waals surface area contributed by atoms with Crippen molar-refractivity contribution in [1.29, 1.82) is 0 Å². The van der Waals surface area contributed by atoms with Crippen LogP contribution in [0.5, 0.6) is 0 Å². The van der Waals surface area contributed by atoms with Gasteiger partial charge in [-0.2, -0.15) is 4.40 Å². The van der Waals surface area contributed by atoms with Crippen LogP contribution in [0.25, 0.3) is 16.8 Å². The zero-order valence-electron chi connectivity index (χ0n) is 22.4. The second-order valence-corrected chi connectivity index (χ2v) is 11.2. The Hall–Kier alpha value is -2.40. The molecule has 3 heterocycles. The van der Waals surface area contributed by atoms with Gasteiger partial charge in [-0.05, 0) is 36.9 Å². The summed E-state index contributed by atoms with van der Waals surface area (Å²) in [6.45, 7) is 5.27. The first kappa shape index (κ1) is 26.7. The minimum atomic E-state index is 0.0955. The number of fused-ring (bicyclic) bond motifs is 3. The molecule has 0 unspecified atom stereocenters. The van der Waals surface area contributed by atoms with Gasteiger partial charge < -0.3 is 0 Å². The van der Waals surface area contributed by atoms with Crippen LogP contribution in [0.3, 0.4) is 0 Å². The number of carbonyl (C=O) groups is 1. The molecule has 4 aromatic rings. The van der Waals surface area contributed by atoms with Crippen molar-refractivity contribution >= 4 is 33.9 Å². The molecule has 4 nitrogen and oxygen atoms in total. The molecule has 5 heteroatoms. The third-order valence-corrected chi connectivity index (χ3v) is 8.32. The molecule has 0 atom stereocenters. The number of hydrogen-bond acceptors (Lipinski definition) is 2. The van der Waals surface area contributed by atoms with Crippen LogP contribution in [0.2, 0.25) is 0 Å². The van der Waals surface area contributed by atoms with Gasteiger partial charge in [0.2, 0.25) is 5.78 Å². The number of aromatic amines is 1.